The Bertz CT molecular complexity index is 844. The molecule has 1 N–H and O–H groups in total. The predicted octanol–water partition coefficient (Wildman–Crippen LogP) is 5.17. The summed E-state index contributed by atoms with van der Waals surface area (Å²) < 4.78 is 32.6. The molecule has 2 bridgehead atoms. The minimum absolute atomic E-state index is 0.131. The van der Waals surface area contributed by atoms with Crippen molar-refractivity contribution in [1.29, 1.82) is 0 Å². The number of piperidine rings is 2. The molecular weight excluding hydrogens is 376 g/mol. The largest absolute Gasteiger partial charge is 0.445 e. The SMILES string of the molecule is O=C(OCc1ccccc1)N1C2CCCC1CC(O)(c1ccccc1C(F)F)C2. The lowest BCUT2D eigenvalue weighted by Gasteiger charge is -2.51. The molecule has 2 fully saturated rings. The lowest BCUT2D eigenvalue weighted by Crippen LogP contribution is -2.59. The van der Waals surface area contributed by atoms with Gasteiger partial charge < -0.3 is 14.7 Å². The molecule has 2 aliphatic heterocycles. The Morgan fingerprint density at radius 2 is 1.69 bits per heavy atom. The van der Waals surface area contributed by atoms with Gasteiger partial charge in [0.2, 0.25) is 0 Å². The van der Waals surface area contributed by atoms with E-state index in [-0.39, 0.29) is 42.7 Å². The van der Waals surface area contributed by atoms with Gasteiger partial charge in [-0.25, -0.2) is 13.6 Å². The van der Waals surface area contributed by atoms with Gasteiger partial charge in [-0.2, -0.15) is 0 Å². The van der Waals surface area contributed by atoms with E-state index in [0.717, 1.165) is 24.8 Å². The molecule has 4 rings (SSSR count). The van der Waals surface area contributed by atoms with Crippen LogP contribution in [-0.2, 0) is 16.9 Å². The first-order valence-corrected chi connectivity index (χ1v) is 10.1. The van der Waals surface area contributed by atoms with Crippen molar-refractivity contribution < 1.29 is 23.4 Å². The van der Waals surface area contributed by atoms with Crippen molar-refractivity contribution in [2.75, 3.05) is 0 Å². The van der Waals surface area contributed by atoms with Crippen molar-refractivity contribution in [3.8, 4) is 0 Å². The van der Waals surface area contributed by atoms with Crippen LogP contribution in [0, 0.1) is 0 Å². The minimum atomic E-state index is -2.65. The maximum atomic E-state index is 13.5. The van der Waals surface area contributed by atoms with Gasteiger partial charge in [0, 0.05) is 30.5 Å². The molecule has 0 aliphatic carbocycles. The molecule has 2 aromatic rings. The van der Waals surface area contributed by atoms with Crippen molar-refractivity contribution in [2.24, 2.45) is 0 Å². The number of carbonyl (C=O) groups is 1. The molecule has 0 radical (unpaired) electrons. The van der Waals surface area contributed by atoms with Crippen LogP contribution in [0.25, 0.3) is 0 Å². The topological polar surface area (TPSA) is 49.8 Å². The van der Waals surface area contributed by atoms with Crippen LogP contribution in [0.15, 0.2) is 54.6 Å². The van der Waals surface area contributed by atoms with Crippen LogP contribution in [-0.4, -0.2) is 28.2 Å². The molecule has 2 aliphatic rings. The number of benzene rings is 2. The number of hydrogen-bond donors (Lipinski definition) is 1. The highest BCUT2D eigenvalue weighted by Crippen LogP contribution is 2.46. The highest BCUT2D eigenvalue weighted by molar-refractivity contribution is 5.69. The van der Waals surface area contributed by atoms with Gasteiger partial charge in [0.05, 0.1) is 5.60 Å². The van der Waals surface area contributed by atoms with Crippen LogP contribution in [0.2, 0.25) is 0 Å². The summed E-state index contributed by atoms with van der Waals surface area (Å²) in [5.74, 6) is 0. The molecule has 2 unspecified atom stereocenters. The van der Waals surface area contributed by atoms with E-state index < -0.39 is 18.1 Å². The fourth-order valence-corrected chi connectivity index (χ4v) is 4.85. The molecule has 4 nitrogen and oxygen atoms in total. The molecule has 0 saturated carbocycles. The number of amides is 1. The Balaban J connectivity index is 1.53. The summed E-state index contributed by atoms with van der Waals surface area (Å²) in [4.78, 5) is 14.5. The number of hydrogen-bond acceptors (Lipinski definition) is 3. The van der Waals surface area contributed by atoms with E-state index in [1.807, 2.05) is 30.3 Å². The van der Waals surface area contributed by atoms with Gasteiger partial charge in [-0.3, -0.25) is 0 Å². The summed E-state index contributed by atoms with van der Waals surface area (Å²) in [6.45, 7) is 0.189. The monoisotopic (exact) mass is 401 g/mol. The third-order valence-corrected chi connectivity index (χ3v) is 6.12. The second-order valence-corrected chi connectivity index (χ2v) is 8.01. The third kappa shape index (κ3) is 3.99. The number of ether oxygens (including phenoxy) is 1. The molecule has 2 saturated heterocycles. The summed E-state index contributed by atoms with van der Waals surface area (Å²) in [5, 5.41) is 11.4. The molecule has 1 amide bonds. The average Bonchev–Trinajstić information content (AvgIpc) is 2.72. The lowest BCUT2D eigenvalue weighted by atomic mass is 9.71. The second-order valence-electron chi connectivity index (χ2n) is 8.01. The highest BCUT2D eigenvalue weighted by Gasteiger charge is 2.49. The van der Waals surface area contributed by atoms with Gasteiger partial charge in [-0.15, -0.1) is 0 Å². The Kier molecular flexibility index (Phi) is 5.54. The van der Waals surface area contributed by atoms with Crippen molar-refractivity contribution >= 4 is 6.09 Å². The summed E-state index contributed by atoms with van der Waals surface area (Å²) in [6.07, 6.45) is -0.144. The Labute approximate surface area is 169 Å². The van der Waals surface area contributed by atoms with Gasteiger partial charge in [-0.05, 0) is 30.4 Å². The molecule has 154 valence electrons. The van der Waals surface area contributed by atoms with E-state index in [9.17, 15) is 18.7 Å². The third-order valence-electron chi connectivity index (χ3n) is 6.12. The molecule has 2 atom stereocenters. The minimum Gasteiger partial charge on any atom is -0.445 e. The molecule has 0 aromatic heterocycles. The standard InChI is InChI=1S/C23H25F2NO3/c24-21(25)19-11-4-5-12-20(19)23(28)13-17-9-6-10-18(14-23)26(17)22(27)29-15-16-7-2-1-3-8-16/h1-5,7-8,11-12,17-18,21,28H,6,9-10,13-15H2. The van der Waals surface area contributed by atoms with Crippen molar-refractivity contribution in [2.45, 2.75) is 62.8 Å². The first-order chi connectivity index (χ1) is 14.0. The maximum Gasteiger partial charge on any atom is 0.410 e. The number of alkyl halides is 2. The molecule has 6 heteroatoms. The second kappa shape index (κ2) is 8.11. The Morgan fingerprint density at radius 3 is 2.34 bits per heavy atom. The van der Waals surface area contributed by atoms with Crippen LogP contribution in [0.3, 0.4) is 0 Å². The number of aliphatic hydroxyl groups is 1. The van der Waals surface area contributed by atoms with E-state index in [1.54, 1.807) is 23.1 Å². The lowest BCUT2D eigenvalue weighted by molar-refractivity contribution is -0.0910. The van der Waals surface area contributed by atoms with Crippen molar-refractivity contribution in [1.82, 2.24) is 4.90 Å². The summed E-state index contributed by atoms with van der Waals surface area (Å²) in [5.41, 5.74) is -0.304. The van der Waals surface area contributed by atoms with Crippen LogP contribution in [0.1, 0.15) is 55.2 Å². The fourth-order valence-electron chi connectivity index (χ4n) is 4.85. The first-order valence-electron chi connectivity index (χ1n) is 10.1. The zero-order valence-electron chi connectivity index (χ0n) is 16.1. The molecule has 0 spiro atoms. The van der Waals surface area contributed by atoms with Gasteiger partial charge >= 0.3 is 6.09 Å². The highest BCUT2D eigenvalue weighted by atomic mass is 19.3. The van der Waals surface area contributed by atoms with Crippen LogP contribution < -0.4 is 0 Å². The number of halogens is 2. The normalized spacial score (nSPS) is 26.4. The van der Waals surface area contributed by atoms with Gasteiger partial charge in [0.25, 0.3) is 6.43 Å². The number of fused-ring (bicyclic) bond motifs is 2. The Hall–Kier alpha value is -2.47. The summed E-state index contributed by atoms with van der Waals surface area (Å²) in [6, 6.07) is 15.2. The van der Waals surface area contributed by atoms with E-state index in [2.05, 4.69) is 0 Å². The van der Waals surface area contributed by atoms with Crippen molar-refractivity contribution in [3.63, 3.8) is 0 Å². The number of nitrogens with zero attached hydrogens (tertiary/aromatic N) is 1. The zero-order chi connectivity index (χ0) is 20.4. The van der Waals surface area contributed by atoms with Crippen molar-refractivity contribution in [3.05, 3.63) is 71.3 Å². The molecular formula is C23H25F2NO3. The van der Waals surface area contributed by atoms with Crippen LogP contribution in [0.5, 0.6) is 0 Å². The zero-order valence-corrected chi connectivity index (χ0v) is 16.1. The molecule has 2 aromatic carbocycles. The van der Waals surface area contributed by atoms with Crippen LogP contribution >= 0.6 is 0 Å². The number of carbonyl (C=O) groups excluding carboxylic acids is 1. The van der Waals surface area contributed by atoms with Gasteiger partial charge in [-0.1, -0.05) is 54.6 Å². The van der Waals surface area contributed by atoms with E-state index in [4.69, 9.17) is 4.74 Å². The maximum absolute atomic E-state index is 13.5. The summed E-state index contributed by atoms with van der Waals surface area (Å²) >= 11 is 0. The van der Waals surface area contributed by atoms with Gasteiger partial charge in [0.15, 0.2) is 0 Å². The first kappa shape index (κ1) is 19.8. The molecule has 29 heavy (non-hydrogen) atoms. The fraction of sp³-hybridized carbons (Fsp3) is 0.435. The van der Waals surface area contributed by atoms with E-state index >= 15 is 0 Å². The van der Waals surface area contributed by atoms with E-state index in [1.165, 1.54) is 6.07 Å². The Morgan fingerprint density at radius 1 is 1.07 bits per heavy atom. The predicted molar refractivity (Wildman–Crippen MR) is 104 cm³/mol. The van der Waals surface area contributed by atoms with Gasteiger partial charge in [0.1, 0.15) is 6.61 Å². The van der Waals surface area contributed by atoms with E-state index in [0.29, 0.717) is 0 Å². The smallest absolute Gasteiger partial charge is 0.410 e. The number of rotatable bonds is 4. The quantitative estimate of drug-likeness (QED) is 0.769. The summed E-state index contributed by atoms with van der Waals surface area (Å²) in [7, 11) is 0. The average molecular weight is 401 g/mol. The van der Waals surface area contributed by atoms with Crippen LogP contribution in [0.4, 0.5) is 13.6 Å². The molecule has 2 heterocycles.